The molecular formula is C22H20BrIN2O6. The Bertz CT molecular complexity index is 1070. The monoisotopic (exact) mass is 614 g/mol. The summed E-state index contributed by atoms with van der Waals surface area (Å²) in [6, 6.07) is 10.3. The highest BCUT2D eigenvalue weighted by Gasteiger charge is 2.33. The van der Waals surface area contributed by atoms with E-state index in [1.807, 2.05) is 46.9 Å². The van der Waals surface area contributed by atoms with Crippen LogP contribution in [0.3, 0.4) is 0 Å². The average molecular weight is 615 g/mol. The number of ether oxygens (including phenoxy) is 3. The molecular weight excluding hydrogens is 595 g/mol. The highest BCUT2D eigenvalue weighted by atomic mass is 127. The molecule has 0 unspecified atom stereocenters. The Hall–Kier alpha value is -2.60. The first kappa shape index (κ1) is 24.1. The van der Waals surface area contributed by atoms with Crippen molar-refractivity contribution in [2.45, 2.75) is 13.5 Å². The van der Waals surface area contributed by atoms with Crippen molar-refractivity contribution in [1.82, 2.24) is 10.2 Å². The number of amides is 3. The molecule has 2 aromatic rings. The van der Waals surface area contributed by atoms with Crippen LogP contribution in [0.4, 0.5) is 4.79 Å². The zero-order chi connectivity index (χ0) is 23.3. The highest BCUT2D eigenvalue weighted by molar-refractivity contribution is 14.1. The number of hydrogen-bond donors (Lipinski definition) is 1. The largest absolute Gasteiger partial charge is 0.493 e. The third kappa shape index (κ3) is 5.80. The summed E-state index contributed by atoms with van der Waals surface area (Å²) in [4.78, 5) is 37.9. The zero-order valence-corrected chi connectivity index (χ0v) is 21.1. The predicted molar refractivity (Wildman–Crippen MR) is 129 cm³/mol. The van der Waals surface area contributed by atoms with E-state index in [9.17, 15) is 14.4 Å². The maximum atomic E-state index is 12.8. The summed E-state index contributed by atoms with van der Waals surface area (Å²) < 4.78 is 17.4. The minimum Gasteiger partial charge on any atom is -0.493 e. The van der Waals surface area contributed by atoms with E-state index >= 15 is 0 Å². The Balaban J connectivity index is 1.79. The number of carbonyl (C=O) groups excluding carboxylic acids is 3. The molecule has 1 heterocycles. The minimum atomic E-state index is -0.486. The van der Waals surface area contributed by atoms with Crippen molar-refractivity contribution in [3.8, 4) is 11.5 Å². The Morgan fingerprint density at radius 2 is 1.94 bits per heavy atom. The summed E-state index contributed by atoms with van der Waals surface area (Å²) in [5.74, 6) is -0.130. The molecule has 3 rings (SSSR count). The van der Waals surface area contributed by atoms with Crippen molar-refractivity contribution in [3.63, 3.8) is 0 Å². The lowest BCUT2D eigenvalue weighted by atomic mass is 10.1. The van der Waals surface area contributed by atoms with Crippen molar-refractivity contribution in [3.05, 3.63) is 61.3 Å². The number of hydrogen-bond acceptors (Lipinski definition) is 6. The summed E-state index contributed by atoms with van der Waals surface area (Å²) in [7, 11) is 1.47. The van der Waals surface area contributed by atoms with Gasteiger partial charge in [0, 0.05) is 4.47 Å². The van der Waals surface area contributed by atoms with Crippen molar-refractivity contribution in [2.75, 3.05) is 20.3 Å². The molecule has 0 aliphatic carbocycles. The van der Waals surface area contributed by atoms with Crippen LogP contribution in [-0.4, -0.2) is 43.1 Å². The normalized spacial score (nSPS) is 14.5. The van der Waals surface area contributed by atoms with Crippen LogP contribution in [0, 0.1) is 3.57 Å². The standard InChI is InChI=1S/C22H20BrIN2O6/c1-3-31-19(27)12-32-20-16(24)8-14(10-18(20)30-2)9-17-21(28)26(22(29)25-17)11-13-4-6-15(23)7-5-13/h4-10H,3,11-12H2,1-2H3,(H,25,29)/b17-9+. The van der Waals surface area contributed by atoms with Crippen LogP contribution < -0.4 is 14.8 Å². The van der Waals surface area contributed by atoms with Crippen molar-refractivity contribution >= 4 is 62.5 Å². The molecule has 3 amide bonds. The first-order chi connectivity index (χ1) is 15.3. The number of methoxy groups -OCH3 is 1. The van der Waals surface area contributed by atoms with E-state index in [2.05, 4.69) is 21.2 Å². The molecule has 1 fully saturated rings. The number of urea groups is 1. The summed E-state index contributed by atoms with van der Waals surface area (Å²) in [6.07, 6.45) is 1.57. The number of nitrogens with zero attached hydrogens (tertiary/aromatic N) is 1. The number of rotatable bonds is 8. The molecule has 1 saturated heterocycles. The molecule has 0 saturated carbocycles. The van der Waals surface area contributed by atoms with Gasteiger partial charge in [-0.05, 0) is 71.0 Å². The van der Waals surface area contributed by atoms with E-state index < -0.39 is 17.9 Å². The van der Waals surface area contributed by atoms with E-state index in [4.69, 9.17) is 14.2 Å². The lowest BCUT2D eigenvalue weighted by molar-refractivity contribution is -0.145. The van der Waals surface area contributed by atoms with Crippen LogP contribution in [0.1, 0.15) is 18.1 Å². The van der Waals surface area contributed by atoms with E-state index in [-0.39, 0.29) is 25.5 Å². The second-order valence-electron chi connectivity index (χ2n) is 6.63. The van der Waals surface area contributed by atoms with Crippen LogP contribution in [-0.2, 0) is 20.9 Å². The van der Waals surface area contributed by atoms with Crippen molar-refractivity contribution in [2.24, 2.45) is 0 Å². The van der Waals surface area contributed by atoms with Crippen molar-refractivity contribution < 1.29 is 28.6 Å². The van der Waals surface area contributed by atoms with Gasteiger partial charge in [-0.1, -0.05) is 28.1 Å². The molecule has 168 valence electrons. The predicted octanol–water partition coefficient (Wildman–Crippen LogP) is 4.10. The Morgan fingerprint density at radius 3 is 2.59 bits per heavy atom. The van der Waals surface area contributed by atoms with Gasteiger partial charge >= 0.3 is 12.0 Å². The first-order valence-corrected chi connectivity index (χ1v) is 11.4. The Labute approximate surface area is 207 Å². The van der Waals surface area contributed by atoms with E-state index in [0.717, 1.165) is 14.9 Å². The number of benzene rings is 2. The Morgan fingerprint density at radius 1 is 1.22 bits per heavy atom. The fourth-order valence-electron chi connectivity index (χ4n) is 2.95. The smallest absolute Gasteiger partial charge is 0.344 e. The maximum absolute atomic E-state index is 12.8. The molecule has 1 aliphatic heterocycles. The zero-order valence-electron chi connectivity index (χ0n) is 17.3. The summed E-state index contributed by atoms with van der Waals surface area (Å²) in [6.45, 7) is 1.89. The van der Waals surface area contributed by atoms with Crippen LogP contribution in [0.5, 0.6) is 11.5 Å². The number of esters is 1. The molecule has 8 nitrogen and oxygen atoms in total. The molecule has 0 bridgehead atoms. The lowest BCUT2D eigenvalue weighted by Crippen LogP contribution is -2.30. The topological polar surface area (TPSA) is 94.2 Å². The fraction of sp³-hybridized carbons (Fsp3) is 0.227. The number of carbonyl (C=O) groups is 3. The van der Waals surface area contributed by atoms with Gasteiger partial charge in [-0.3, -0.25) is 9.69 Å². The average Bonchev–Trinajstić information content (AvgIpc) is 3.01. The second-order valence-corrected chi connectivity index (χ2v) is 8.71. The highest BCUT2D eigenvalue weighted by Crippen LogP contribution is 2.35. The number of nitrogens with one attached hydrogen (secondary N) is 1. The van der Waals surface area contributed by atoms with Gasteiger partial charge in [-0.2, -0.15) is 0 Å². The molecule has 2 aromatic carbocycles. The van der Waals surface area contributed by atoms with Gasteiger partial charge in [0.15, 0.2) is 18.1 Å². The third-order valence-electron chi connectivity index (χ3n) is 4.42. The van der Waals surface area contributed by atoms with Crippen molar-refractivity contribution in [1.29, 1.82) is 0 Å². The fourth-order valence-corrected chi connectivity index (χ4v) is 4.00. The maximum Gasteiger partial charge on any atom is 0.344 e. The van der Waals surface area contributed by atoms with Gasteiger partial charge in [-0.15, -0.1) is 0 Å². The van der Waals surface area contributed by atoms with Gasteiger partial charge in [0.1, 0.15) is 5.70 Å². The first-order valence-electron chi connectivity index (χ1n) is 9.57. The molecule has 1 N–H and O–H groups in total. The number of imide groups is 1. The Kier molecular flexibility index (Phi) is 8.13. The van der Waals surface area contributed by atoms with Crippen LogP contribution >= 0.6 is 38.5 Å². The molecule has 10 heteroatoms. The van der Waals surface area contributed by atoms with Crippen LogP contribution in [0.15, 0.2) is 46.6 Å². The molecule has 0 spiro atoms. The quantitative estimate of drug-likeness (QED) is 0.208. The molecule has 1 aliphatic rings. The number of halogens is 2. The SMILES string of the molecule is CCOC(=O)COc1c(I)cc(/C=C2/NC(=O)N(Cc3ccc(Br)cc3)C2=O)cc1OC. The second kappa shape index (κ2) is 10.8. The molecule has 0 atom stereocenters. The summed E-state index contributed by atoms with van der Waals surface area (Å²) >= 11 is 5.41. The molecule has 0 radical (unpaired) electrons. The van der Waals surface area contributed by atoms with E-state index in [0.29, 0.717) is 20.6 Å². The summed E-state index contributed by atoms with van der Waals surface area (Å²) in [5, 5.41) is 2.61. The van der Waals surface area contributed by atoms with Crippen LogP contribution in [0.2, 0.25) is 0 Å². The van der Waals surface area contributed by atoms with Gasteiger partial charge in [0.25, 0.3) is 5.91 Å². The van der Waals surface area contributed by atoms with Gasteiger partial charge in [0.2, 0.25) is 0 Å². The molecule has 32 heavy (non-hydrogen) atoms. The lowest BCUT2D eigenvalue weighted by Gasteiger charge is -2.13. The van der Waals surface area contributed by atoms with Gasteiger partial charge < -0.3 is 19.5 Å². The molecule has 0 aromatic heterocycles. The van der Waals surface area contributed by atoms with Gasteiger partial charge in [-0.25, -0.2) is 9.59 Å². The minimum absolute atomic E-state index is 0.158. The van der Waals surface area contributed by atoms with E-state index in [1.165, 1.54) is 7.11 Å². The summed E-state index contributed by atoms with van der Waals surface area (Å²) in [5.41, 5.74) is 1.62. The third-order valence-corrected chi connectivity index (χ3v) is 5.75. The van der Waals surface area contributed by atoms with Gasteiger partial charge in [0.05, 0.1) is 23.8 Å². The van der Waals surface area contributed by atoms with E-state index in [1.54, 1.807) is 25.1 Å². The van der Waals surface area contributed by atoms with Crippen LogP contribution in [0.25, 0.3) is 6.08 Å².